The SMILES string of the molecule is CC(C)(O)C(N)c1ccc(C2CCCCC2)cc1. The third kappa shape index (κ3) is 3.12. The first-order valence-electron chi connectivity index (χ1n) is 7.06. The van der Waals surface area contributed by atoms with Crippen molar-refractivity contribution in [2.75, 3.05) is 0 Å². The molecule has 0 spiro atoms. The number of hydrogen-bond acceptors (Lipinski definition) is 2. The summed E-state index contributed by atoms with van der Waals surface area (Å²) in [7, 11) is 0. The average molecular weight is 247 g/mol. The van der Waals surface area contributed by atoms with Gasteiger partial charge in [0.25, 0.3) is 0 Å². The molecule has 3 N–H and O–H groups in total. The van der Waals surface area contributed by atoms with Gasteiger partial charge >= 0.3 is 0 Å². The van der Waals surface area contributed by atoms with E-state index in [1.807, 2.05) is 0 Å². The van der Waals surface area contributed by atoms with Crippen LogP contribution in [0.15, 0.2) is 24.3 Å². The summed E-state index contributed by atoms with van der Waals surface area (Å²) in [5.41, 5.74) is 7.63. The second-order valence-electron chi connectivity index (χ2n) is 6.13. The highest BCUT2D eigenvalue weighted by Crippen LogP contribution is 2.33. The van der Waals surface area contributed by atoms with Crippen LogP contribution >= 0.6 is 0 Å². The normalized spacial score (nSPS) is 19.8. The molecule has 1 saturated carbocycles. The lowest BCUT2D eigenvalue weighted by molar-refractivity contribution is 0.0517. The number of aliphatic hydroxyl groups is 1. The van der Waals surface area contributed by atoms with Gasteiger partial charge in [-0.05, 0) is 43.7 Å². The van der Waals surface area contributed by atoms with Crippen LogP contribution in [0.5, 0.6) is 0 Å². The second-order valence-corrected chi connectivity index (χ2v) is 6.13. The van der Waals surface area contributed by atoms with E-state index in [9.17, 15) is 5.11 Å². The fraction of sp³-hybridized carbons (Fsp3) is 0.625. The van der Waals surface area contributed by atoms with Gasteiger partial charge in [0, 0.05) is 0 Å². The highest BCUT2D eigenvalue weighted by molar-refractivity contribution is 5.28. The second kappa shape index (κ2) is 5.41. The van der Waals surface area contributed by atoms with Crippen molar-refractivity contribution in [2.45, 2.75) is 63.5 Å². The van der Waals surface area contributed by atoms with Crippen molar-refractivity contribution in [3.63, 3.8) is 0 Å². The fourth-order valence-electron chi connectivity index (χ4n) is 2.82. The van der Waals surface area contributed by atoms with E-state index in [1.165, 1.54) is 37.7 Å². The topological polar surface area (TPSA) is 46.2 Å². The van der Waals surface area contributed by atoms with Crippen LogP contribution in [0.1, 0.15) is 69.0 Å². The van der Waals surface area contributed by atoms with Crippen LogP contribution < -0.4 is 5.73 Å². The van der Waals surface area contributed by atoms with Gasteiger partial charge in [0.1, 0.15) is 0 Å². The maximum absolute atomic E-state index is 9.93. The van der Waals surface area contributed by atoms with E-state index in [-0.39, 0.29) is 6.04 Å². The molecule has 2 heteroatoms. The maximum Gasteiger partial charge on any atom is 0.0783 e. The first kappa shape index (κ1) is 13.6. The standard InChI is InChI=1S/C16H25NO/c1-16(2,18)15(17)14-10-8-13(9-11-14)12-6-4-3-5-7-12/h8-12,15,18H,3-7,17H2,1-2H3. The molecule has 1 aliphatic rings. The first-order valence-corrected chi connectivity index (χ1v) is 7.06. The Labute approximate surface area is 110 Å². The number of hydrogen-bond donors (Lipinski definition) is 2. The Morgan fingerprint density at radius 2 is 1.67 bits per heavy atom. The zero-order valence-electron chi connectivity index (χ0n) is 11.5. The van der Waals surface area contributed by atoms with Gasteiger partial charge in [-0.25, -0.2) is 0 Å². The molecule has 1 fully saturated rings. The van der Waals surface area contributed by atoms with Gasteiger partial charge in [0.15, 0.2) is 0 Å². The van der Waals surface area contributed by atoms with E-state index in [0.29, 0.717) is 0 Å². The molecule has 1 aromatic rings. The predicted octanol–water partition coefficient (Wildman–Crippen LogP) is 3.51. The van der Waals surface area contributed by atoms with E-state index in [2.05, 4.69) is 24.3 Å². The fourth-order valence-corrected chi connectivity index (χ4v) is 2.82. The summed E-state index contributed by atoms with van der Waals surface area (Å²) < 4.78 is 0. The molecule has 1 aromatic carbocycles. The van der Waals surface area contributed by atoms with Crippen LogP contribution in [-0.4, -0.2) is 10.7 Å². The van der Waals surface area contributed by atoms with Crippen molar-refractivity contribution in [3.05, 3.63) is 35.4 Å². The van der Waals surface area contributed by atoms with Crippen molar-refractivity contribution in [2.24, 2.45) is 5.73 Å². The Kier molecular flexibility index (Phi) is 4.08. The molecule has 2 rings (SSSR count). The zero-order valence-corrected chi connectivity index (χ0v) is 11.5. The van der Waals surface area contributed by atoms with Gasteiger partial charge in [0.2, 0.25) is 0 Å². The highest BCUT2D eigenvalue weighted by atomic mass is 16.3. The summed E-state index contributed by atoms with van der Waals surface area (Å²) in [5.74, 6) is 0.728. The van der Waals surface area contributed by atoms with Gasteiger partial charge in [0.05, 0.1) is 11.6 Å². The summed E-state index contributed by atoms with van der Waals surface area (Å²) in [6, 6.07) is 8.21. The summed E-state index contributed by atoms with van der Waals surface area (Å²) >= 11 is 0. The van der Waals surface area contributed by atoms with E-state index in [4.69, 9.17) is 5.73 Å². The van der Waals surface area contributed by atoms with Crippen LogP contribution in [0.4, 0.5) is 0 Å². The smallest absolute Gasteiger partial charge is 0.0783 e. The predicted molar refractivity (Wildman–Crippen MR) is 75.5 cm³/mol. The number of nitrogens with two attached hydrogens (primary N) is 1. The lowest BCUT2D eigenvalue weighted by atomic mass is 9.83. The van der Waals surface area contributed by atoms with E-state index < -0.39 is 5.60 Å². The maximum atomic E-state index is 9.93. The zero-order chi connectivity index (χ0) is 13.2. The summed E-state index contributed by atoms with van der Waals surface area (Å²) in [5, 5.41) is 9.93. The van der Waals surface area contributed by atoms with Crippen molar-refractivity contribution < 1.29 is 5.11 Å². The molecule has 0 heterocycles. The molecule has 1 aliphatic carbocycles. The molecule has 0 amide bonds. The van der Waals surface area contributed by atoms with Crippen LogP contribution in [0.25, 0.3) is 0 Å². The monoisotopic (exact) mass is 247 g/mol. The number of rotatable bonds is 3. The van der Waals surface area contributed by atoms with Crippen LogP contribution in [0.3, 0.4) is 0 Å². The van der Waals surface area contributed by atoms with E-state index >= 15 is 0 Å². The lowest BCUT2D eigenvalue weighted by Crippen LogP contribution is -2.35. The molecule has 1 unspecified atom stereocenters. The minimum Gasteiger partial charge on any atom is -0.388 e. The van der Waals surface area contributed by atoms with Crippen LogP contribution in [-0.2, 0) is 0 Å². The van der Waals surface area contributed by atoms with Gasteiger partial charge in [-0.1, -0.05) is 43.5 Å². The highest BCUT2D eigenvalue weighted by Gasteiger charge is 2.24. The van der Waals surface area contributed by atoms with Gasteiger partial charge in [-0.15, -0.1) is 0 Å². The molecule has 0 saturated heterocycles. The van der Waals surface area contributed by atoms with Gasteiger partial charge in [-0.2, -0.15) is 0 Å². The molecule has 0 bridgehead atoms. The molecule has 0 aromatic heterocycles. The van der Waals surface area contributed by atoms with Crippen molar-refractivity contribution in [3.8, 4) is 0 Å². The average Bonchev–Trinajstić information content (AvgIpc) is 2.38. The molecule has 0 radical (unpaired) electrons. The van der Waals surface area contributed by atoms with Crippen LogP contribution in [0, 0.1) is 0 Å². The Hall–Kier alpha value is -0.860. The van der Waals surface area contributed by atoms with E-state index in [1.54, 1.807) is 13.8 Å². The molecular weight excluding hydrogens is 222 g/mol. The lowest BCUT2D eigenvalue weighted by Gasteiger charge is -2.27. The Morgan fingerprint density at radius 3 is 2.17 bits per heavy atom. The Morgan fingerprint density at radius 1 is 1.11 bits per heavy atom. The minimum absolute atomic E-state index is 0.321. The van der Waals surface area contributed by atoms with Gasteiger partial charge in [-0.3, -0.25) is 0 Å². The van der Waals surface area contributed by atoms with Crippen molar-refractivity contribution >= 4 is 0 Å². The Balaban J connectivity index is 2.09. The summed E-state index contributed by atoms with van der Waals surface area (Å²) in [6.45, 7) is 3.51. The van der Waals surface area contributed by atoms with Crippen molar-refractivity contribution in [1.82, 2.24) is 0 Å². The molecule has 18 heavy (non-hydrogen) atoms. The summed E-state index contributed by atoms with van der Waals surface area (Å²) in [4.78, 5) is 0. The third-order valence-electron chi connectivity index (χ3n) is 4.13. The molecular formula is C16H25NO. The first-order chi connectivity index (χ1) is 8.48. The molecule has 2 nitrogen and oxygen atoms in total. The van der Waals surface area contributed by atoms with Gasteiger partial charge < -0.3 is 10.8 Å². The van der Waals surface area contributed by atoms with E-state index in [0.717, 1.165) is 11.5 Å². The quantitative estimate of drug-likeness (QED) is 0.858. The largest absolute Gasteiger partial charge is 0.388 e. The van der Waals surface area contributed by atoms with Crippen molar-refractivity contribution in [1.29, 1.82) is 0 Å². The number of benzene rings is 1. The Bertz CT molecular complexity index is 371. The molecule has 100 valence electrons. The molecule has 1 atom stereocenters. The summed E-state index contributed by atoms with van der Waals surface area (Å²) in [6.07, 6.45) is 6.73. The molecule has 0 aliphatic heterocycles. The third-order valence-corrected chi connectivity index (χ3v) is 4.13. The van der Waals surface area contributed by atoms with Crippen LogP contribution in [0.2, 0.25) is 0 Å². The minimum atomic E-state index is -0.869.